The lowest BCUT2D eigenvalue weighted by Crippen LogP contribution is -2.12. The molecule has 0 spiro atoms. The number of fused-ring (bicyclic) bond motifs is 1. The number of carbonyl (C=O) groups is 1. The van der Waals surface area contributed by atoms with Crippen molar-refractivity contribution >= 4 is 11.7 Å². The van der Waals surface area contributed by atoms with E-state index in [0.717, 1.165) is 29.5 Å². The maximum atomic E-state index is 11.8. The molecule has 0 unspecified atom stereocenters. The number of rotatable bonds is 5. The van der Waals surface area contributed by atoms with Crippen LogP contribution in [-0.4, -0.2) is 24.8 Å². The van der Waals surface area contributed by atoms with Gasteiger partial charge < -0.3 is 14.6 Å². The van der Waals surface area contributed by atoms with Crippen LogP contribution in [0, 0.1) is 0 Å². The Hall–Kier alpha value is -3.53. The first-order valence-corrected chi connectivity index (χ1v) is 9.56. The molecule has 1 N–H and O–H groups in total. The van der Waals surface area contributed by atoms with Crippen LogP contribution in [0.3, 0.4) is 0 Å². The third-order valence-electron chi connectivity index (χ3n) is 5.15. The molecule has 4 heteroatoms. The summed E-state index contributed by atoms with van der Waals surface area (Å²) in [5.41, 5.74) is 5.13. The predicted octanol–water partition coefficient (Wildman–Crippen LogP) is 5.43. The Balaban J connectivity index is 1.58. The van der Waals surface area contributed by atoms with Crippen LogP contribution in [0.25, 0.3) is 16.9 Å². The molecule has 0 radical (unpaired) electrons. The van der Waals surface area contributed by atoms with Crippen molar-refractivity contribution in [2.75, 3.05) is 13.7 Å². The monoisotopic (exact) mass is 386 g/mol. The Labute approximate surface area is 170 Å². The van der Waals surface area contributed by atoms with E-state index in [0.29, 0.717) is 29.2 Å². The summed E-state index contributed by atoms with van der Waals surface area (Å²) in [6.45, 7) is 0.372. The number of hydrogen-bond acceptors (Lipinski definition) is 4. The average Bonchev–Trinajstić information content (AvgIpc) is 2.78. The Kier molecular flexibility index (Phi) is 5.34. The van der Waals surface area contributed by atoms with Crippen molar-refractivity contribution in [3.05, 3.63) is 95.1 Å². The van der Waals surface area contributed by atoms with Crippen LogP contribution < -0.4 is 4.74 Å². The van der Waals surface area contributed by atoms with Gasteiger partial charge in [-0.3, -0.25) is 0 Å². The van der Waals surface area contributed by atoms with E-state index in [1.54, 1.807) is 12.1 Å². The number of benzene rings is 3. The summed E-state index contributed by atoms with van der Waals surface area (Å²) in [5.74, 6) is 0.577. The van der Waals surface area contributed by atoms with Gasteiger partial charge in [0.05, 0.1) is 18.2 Å². The van der Waals surface area contributed by atoms with Crippen LogP contribution in [0.5, 0.6) is 5.75 Å². The van der Waals surface area contributed by atoms with Gasteiger partial charge in [0.1, 0.15) is 18.1 Å². The van der Waals surface area contributed by atoms with E-state index >= 15 is 0 Å². The van der Waals surface area contributed by atoms with Crippen LogP contribution in [0.2, 0.25) is 0 Å². The third kappa shape index (κ3) is 4.02. The normalized spacial score (nSPS) is 12.9. The molecule has 3 aromatic rings. The molecule has 1 heterocycles. The Morgan fingerprint density at radius 3 is 2.55 bits per heavy atom. The first-order chi connectivity index (χ1) is 14.2. The van der Waals surface area contributed by atoms with Gasteiger partial charge in [-0.25, -0.2) is 4.79 Å². The van der Waals surface area contributed by atoms with Crippen molar-refractivity contribution in [1.29, 1.82) is 0 Å². The van der Waals surface area contributed by atoms with Crippen molar-refractivity contribution in [2.24, 2.45) is 0 Å². The van der Waals surface area contributed by atoms with Crippen LogP contribution in [0.1, 0.15) is 27.9 Å². The quantitative estimate of drug-likeness (QED) is 0.594. The molecule has 0 fully saturated rings. The number of aliphatic hydroxyl groups excluding tert-OH is 1. The van der Waals surface area contributed by atoms with Gasteiger partial charge in [-0.1, -0.05) is 48.5 Å². The van der Waals surface area contributed by atoms with Crippen molar-refractivity contribution in [3.8, 4) is 16.9 Å². The summed E-state index contributed by atoms with van der Waals surface area (Å²) in [5, 5.41) is 10.7. The number of ether oxygens (including phenoxy) is 2. The van der Waals surface area contributed by atoms with E-state index in [2.05, 4.69) is 12.1 Å². The smallest absolute Gasteiger partial charge is 0.337 e. The summed E-state index contributed by atoms with van der Waals surface area (Å²) >= 11 is 0. The molecule has 0 atom stereocenters. The lowest BCUT2D eigenvalue weighted by molar-refractivity contribution is 0.0601. The first kappa shape index (κ1) is 18.8. The Bertz CT molecular complexity index is 1070. The maximum absolute atomic E-state index is 11.8. The van der Waals surface area contributed by atoms with E-state index in [1.165, 1.54) is 12.7 Å². The predicted molar refractivity (Wildman–Crippen MR) is 113 cm³/mol. The number of methoxy groups -OCH3 is 1. The zero-order valence-corrected chi connectivity index (χ0v) is 16.2. The van der Waals surface area contributed by atoms with Crippen molar-refractivity contribution < 1.29 is 19.4 Å². The molecule has 0 aliphatic carbocycles. The molecule has 0 saturated carbocycles. The summed E-state index contributed by atoms with van der Waals surface area (Å²) in [6.07, 6.45) is 1.61. The van der Waals surface area contributed by atoms with E-state index in [4.69, 9.17) is 9.47 Å². The van der Waals surface area contributed by atoms with Gasteiger partial charge in [0.15, 0.2) is 0 Å². The third-order valence-corrected chi connectivity index (χ3v) is 5.15. The molecule has 4 nitrogen and oxygen atoms in total. The maximum Gasteiger partial charge on any atom is 0.337 e. The zero-order valence-electron chi connectivity index (χ0n) is 16.2. The topological polar surface area (TPSA) is 55.8 Å². The number of carbonyl (C=O) groups excluding carboxylic acids is 1. The molecule has 1 aliphatic heterocycles. The molecular weight excluding hydrogens is 364 g/mol. The molecule has 0 aromatic heterocycles. The Morgan fingerprint density at radius 2 is 1.76 bits per heavy atom. The van der Waals surface area contributed by atoms with Gasteiger partial charge in [0.2, 0.25) is 0 Å². The van der Waals surface area contributed by atoms with Gasteiger partial charge in [0, 0.05) is 5.57 Å². The number of aryl methyl sites for hydroxylation is 1. The van der Waals surface area contributed by atoms with Gasteiger partial charge in [0.25, 0.3) is 0 Å². The average molecular weight is 386 g/mol. The second-order valence-corrected chi connectivity index (χ2v) is 7.01. The second kappa shape index (κ2) is 8.23. The largest absolute Gasteiger partial charge is 0.507 e. The van der Waals surface area contributed by atoms with Crippen LogP contribution >= 0.6 is 0 Å². The minimum absolute atomic E-state index is 0.303. The van der Waals surface area contributed by atoms with E-state index in [-0.39, 0.29) is 5.97 Å². The van der Waals surface area contributed by atoms with Crippen molar-refractivity contribution in [2.45, 2.75) is 12.8 Å². The first-order valence-electron chi connectivity index (χ1n) is 9.56. The van der Waals surface area contributed by atoms with E-state index in [1.807, 2.05) is 48.5 Å². The van der Waals surface area contributed by atoms with Gasteiger partial charge in [-0.2, -0.15) is 0 Å². The fourth-order valence-corrected chi connectivity index (χ4v) is 3.51. The number of hydrogen-bond donors (Lipinski definition) is 1. The van der Waals surface area contributed by atoms with E-state index in [9.17, 15) is 9.90 Å². The molecule has 29 heavy (non-hydrogen) atoms. The highest BCUT2D eigenvalue weighted by Gasteiger charge is 2.20. The molecule has 0 saturated heterocycles. The van der Waals surface area contributed by atoms with Gasteiger partial charge >= 0.3 is 5.97 Å². The highest BCUT2D eigenvalue weighted by atomic mass is 16.5. The van der Waals surface area contributed by atoms with Crippen LogP contribution in [0.4, 0.5) is 0 Å². The number of aliphatic hydroxyl groups is 1. The summed E-state index contributed by atoms with van der Waals surface area (Å²) in [6, 6.07) is 23.2. The van der Waals surface area contributed by atoms with E-state index < -0.39 is 0 Å². The number of esters is 1. The molecular formula is C25H22O4. The lowest BCUT2D eigenvalue weighted by Gasteiger charge is -2.21. The van der Waals surface area contributed by atoms with Crippen LogP contribution in [0.15, 0.2) is 78.4 Å². The zero-order chi connectivity index (χ0) is 20.2. The lowest BCUT2D eigenvalue weighted by atomic mass is 9.96. The molecule has 3 aromatic carbocycles. The molecule has 1 aliphatic rings. The fourth-order valence-electron chi connectivity index (χ4n) is 3.51. The highest BCUT2D eigenvalue weighted by Crippen LogP contribution is 2.36. The minimum Gasteiger partial charge on any atom is -0.507 e. The minimum atomic E-state index is -0.371. The summed E-state index contributed by atoms with van der Waals surface area (Å²) in [7, 11) is 1.37. The van der Waals surface area contributed by atoms with Crippen molar-refractivity contribution in [1.82, 2.24) is 0 Å². The van der Waals surface area contributed by atoms with Gasteiger partial charge in [-0.15, -0.1) is 0 Å². The van der Waals surface area contributed by atoms with Crippen molar-refractivity contribution in [3.63, 3.8) is 0 Å². The molecule has 4 rings (SSSR count). The van der Waals surface area contributed by atoms with Crippen LogP contribution in [-0.2, 0) is 11.2 Å². The Morgan fingerprint density at radius 1 is 0.966 bits per heavy atom. The highest BCUT2D eigenvalue weighted by molar-refractivity contribution is 5.91. The molecule has 0 bridgehead atoms. The second-order valence-electron chi connectivity index (χ2n) is 7.01. The SMILES string of the molecule is COC(=O)c1cccc(-c2ccc3c(c2)OCC(CCc2ccccc2)=C3O)c1. The summed E-state index contributed by atoms with van der Waals surface area (Å²) < 4.78 is 10.7. The standard InChI is InChI=1S/C25H22O4/c1-28-25(27)20-9-5-8-18(14-20)19-12-13-22-23(15-19)29-16-21(24(22)26)11-10-17-6-3-2-4-7-17/h2-9,12-15,26H,10-11,16H2,1H3. The summed E-state index contributed by atoms with van der Waals surface area (Å²) in [4.78, 5) is 11.8. The molecule has 146 valence electrons. The fraction of sp³-hybridized carbons (Fsp3) is 0.160. The molecule has 0 amide bonds. The van der Waals surface area contributed by atoms with Gasteiger partial charge in [-0.05, 0) is 53.8 Å².